The maximum absolute atomic E-state index is 13.2. The zero-order valence-corrected chi connectivity index (χ0v) is 19.9. The van der Waals surface area contributed by atoms with Crippen LogP contribution in [0.1, 0.15) is 46.0 Å². The molecule has 0 bridgehead atoms. The van der Waals surface area contributed by atoms with E-state index in [9.17, 15) is 19.2 Å². The molecular weight excluding hydrogens is 466 g/mol. The van der Waals surface area contributed by atoms with Crippen LogP contribution in [-0.4, -0.2) is 36.1 Å². The molecule has 3 aromatic rings. The number of carbonyl (C=O) groups excluding carboxylic acids is 4. The van der Waals surface area contributed by atoms with E-state index in [1.807, 2.05) is 6.07 Å². The van der Waals surface area contributed by atoms with Crippen molar-refractivity contribution in [2.45, 2.75) is 25.9 Å². The van der Waals surface area contributed by atoms with Gasteiger partial charge < -0.3 is 9.64 Å². The van der Waals surface area contributed by atoms with Crippen LogP contribution in [0.3, 0.4) is 0 Å². The Bertz CT molecular complexity index is 1260. The molecule has 1 fully saturated rings. The Hall–Kier alpha value is -3.77. The Morgan fingerprint density at radius 2 is 1.60 bits per heavy atom. The van der Waals surface area contributed by atoms with Crippen molar-refractivity contribution in [2.24, 2.45) is 5.92 Å². The average molecular weight is 490 g/mol. The van der Waals surface area contributed by atoms with Gasteiger partial charge in [-0.2, -0.15) is 0 Å². The van der Waals surface area contributed by atoms with Gasteiger partial charge >= 0.3 is 5.97 Å². The normalized spacial score (nSPS) is 16.1. The van der Waals surface area contributed by atoms with Crippen molar-refractivity contribution in [3.8, 4) is 0 Å². The molecular formula is C28H24ClNO5. The summed E-state index contributed by atoms with van der Waals surface area (Å²) in [4.78, 5) is 53.2. The highest BCUT2D eigenvalue weighted by atomic mass is 35.5. The summed E-state index contributed by atoms with van der Waals surface area (Å²) in [7, 11) is 0. The summed E-state index contributed by atoms with van der Waals surface area (Å²) in [5.74, 6) is -2.23. The maximum atomic E-state index is 13.2. The molecule has 35 heavy (non-hydrogen) atoms. The van der Waals surface area contributed by atoms with Gasteiger partial charge in [0.25, 0.3) is 0 Å². The summed E-state index contributed by atoms with van der Waals surface area (Å²) in [5.41, 5.74) is 1.58. The number of anilines is 1. The summed E-state index contributed by atoms with van der Waals surface area (Å²) in [6.07, 6.45) is -0.688. The van der Waals surface area contributed by atoms with Crippen molar-refractivity contribution in [3.63, 3.8) is 0 Å². The van der Waals surface area contributed by atoms with Gasteiger partial charge in [-0.25, -0.2) is 0 Å². The molecule has 0 N–H and O–H groups in total. The fraction of sp³-hybridized carbons (Fsp3) is 0.214. The number of carbonyl (C=O) groups is 4. The van der Waals surface area contributed by atoms with Crippen LogP contribution in [0.15, 0.2) is 78.9 Å². The predicted molar refractivity (Wildman–Crippen MR) is 133 cm³/mol. The molecule has 1 aliphatic rings. The number of esters is 1. The molecule has 0 spiro atoms. The average Bonchev–Trinajstić information content (AvgIpc) is 3.28. The molecule has 1 aliphatic heterocycles. The summed E-state index contributed by atoms with van der Waals surface area (Å²) < 4.78 is 5.54. The van der Waals surface area contributed by atoms with Gasteiger partial charge in [0, 0.05) is 34.7 Å². The molecule has 2 atom stereocenters. The number of benzene rings is 3. The number of halogens is 1. The fourth-order valence-corrected chi connectivity index (χ4v) is 4.29. The second-order valence-corrected chi connectivity index (χ2v) is 8.76. The molecule has 7 heteroatoms. The van der Waals surface area contributed by atoms with Gasteiger partial charge in [-0.05, 0) is 24.6 Å². The van der Waals surface area contributed by atoms with Crippen molar-refractivity contribution < 1.29 is 23.9 Å². The SMILES string of the molecule is CC[C@@H](OC(=O)[C@H]1CC(=O)N(c2ccc(Cl)cc2C(=O)c2ccccc2)C1)C(=O)c1ccccc1. The smallest absolute Gasteiger partial charge is 0.312 e. The number of ether oxygens (including phenoxy) is 1. The second kappa shape index (κ2) is 10.7. The van der Waals surface area contributed by atoms with Gasteiger partial charge in [0.05, 0.1) is 11.6 Å². The van der Waals surface area contributed by atoms with E-state index >= 15 is 0 Å². The quantitative estimate of drug-likeness (QED) is 0.324. The molecule has 0 aliphatic carbocycles. The number of Topliss-reactive ketones (excluding diaryl/α,β-unsaturated/α-hetero) is 1. The van der Waals surface area contributed by atoms with Crippen molar-refractivity contribution >= 4 is 40.7 Å². The zero-order valence-electron chi connectivity index (χ0n) is 19.1. The third kappa shape index (κ3) is 5.33. The van der Waals surface area contributed by atoms with E-state index in [1.165, 1.54) is 11.0 Å². The fourth-order valence-electron chi connectivity index (χ4n) is 4.12. The lowest BCUT2D eigenvalue weighted by molar-refractivity contribution is -0.151. The molecule has 6 nitrogen and oxygen atoms in total. The Kier molecular flexibility index (Phi) is 7.42. The highest BCUT2D eigenvalue weighted by molar-refractivity contribution is 6.31. The molecule has 4 rings (SSSR count). The number of hydrogen-bond donors (Lipinski definition) is 0. The van der Waals surface area contributed by atoms with Crippen LogP contribution in [0.2, 0.25) is 5.02 Å². The highest BCUT2D eigenvalue weighted by Crippen LogP contribution is 2.32. The topological polar surface area (TPSA) is 80.8 Å². The monoisotopic (exact) mass is 489 g/mol. The predicted octanol–water partition coefficient (Wildman–Crippen LogP) is 5.13. The molecule has 178 valence electrons. The van der Waals surface area contributed by atoms with Gasteiger partial charge in [-0.1, -0.05) is 79.2 Å². The largest absolute Gasteiger partial charge is 0.454 e. The lowest BCUT2D eigenvalue weighted by Crippen LogP contribution is -2.32. The number of hydrogen-bond acceptors (Lipinski definition) is 5. The first-order valence-corrected chi connectivity index (χ1v) is 11.8. The van der Waals surface area contributed by atoms with E-state index in [1.54, 1.807) is 73.7 Å². The van der Waals surface area contributed by atoms with E-state index in [0.717, 1.165) is 0 Å². The summed E-state index contributed by atoms with van der Waals surface area (Å²) >= 11 is 6.16. The van der Waals surface area contributed by atoms with Crippen LogP contribution in [0, 0.1) is 5.92 Å². The first-order valence-electron chi connectivity index (χ1n) is 11.4. The van der Waals surface area contributed by atoms with Crippen LogP contribution in [0.4, 0.5) is 5.69 Å². The van der Waals surface area contributed by atoms with Gasteiger partial charge in [0.1, 0.15) is 0 Å². The van der Waals surface area contributed by atoms with Gasteiger partial charge in [-0.15, -0.1) is 0 Å². The maximum Gasteiger partial charge on any atom is 0.312 e. The molecule has 1 saturated heterocycles. The van der Waals surface area contributed by atoms with Crippen molar-refractivity contribution in [1.82, 2.24) is 0 Å². The molecule has 0 saturated carbocycles. The van der Waals surface area contributed by atoms with Gasteiger partial charge in [0.2, 0.25) is 11.7 Å². The summed E-state index contributed by atoms with van der Waals surface area (Å²) in [5, 5.41) is 0.362. The Morgan fingerprint density at radius 3 is 2.23 bits per heavy atom. The number of nitrogens with zero attached hydrogens (tertiary/aromatic N) is 1. The lowest BCUT2D eigenvalue weighted by atomic mass is 10.0. The molecule has 1 heterocycles. The van der Waals surface area contributed by atoms with E-state index in [4.69, 9.17) is 16.3 Å². The molecule has 1 amide bonds. The van der Waals surface area contributed by atoms with Crippen molar-refractivity contribution in [2.75, 3.05) is 11.4 Å². The minimum absolute atomic E-state index is 0.0460. The number of ketones is 2. The molecule has 0 aromatic heterocycles. The van der Waals surface area contributed by atoms with Crippen LogP contribution in [0.5, 0.6) is 0 Å². The van der Waals surface area contributed by atoms with Crippen molar-refractivity contribution in [1.29, 1.82) is 0 Å². The minimum Gasteiger partial charge on any atom is -0.454 e. The van der Waals surface area contributed by atoms with Crippen LogP contribution in [0.25, 0.3) is 0 Å². The molecule has 3 aromatic carbocycles. The van der Waals surface area contributed by atoms with E-state index in [-0.39, 0.29) is 36.0 Å². The highest BCUT2D eigenvalue weighted by Gasteiger charge is 2.39. The standard InChI is InChI=1S/C28H24ClNO5/c1-2-24(27(33)19-11-7-4-8-12-19)35-28(34)20-15-25(31)30(17-20)23-14-13-21(29)16-22(23)26(32)18-9-5-3-6-10-18/h3-14,16,20,24H,2,15,17H2,1H3/t20-,24+/m0/s1. The molecule has 0 unspecified atom stereocenters. The first-order chi connectivity index (χ1) is 16.9. The first kappa shape index (κ1) is 24.4. The number of amides is 1. The second-order valence-electron chi connectivity index (χ2n) is 8.33. The summed E-state index contributed by atoms with van der Waals surface area (Å²) in [6.45, 7) is 1.81. The van der Waals surface area contributed by atoms with E-state index in [0.29, 0.717) is 28.3 Å². The van der Waals surface area contributed by atoms with Crippen LogP contribution >= 0.6 is 11.6 Å². The zero-order chi connectivity index (χ0) is 24.9. The van der Waals surface area contributed by atoms with Crippen LogP contribution in [-0.2, 0) is 14.3 Å². The lowest BCUT2D eigenvalue weighted by Gasteiger charge is -2.21. The van der Waals surface area contributed by atoms with E-state index < -0.39 is 18.0 Å². The van der Waals surface area contributed by atoms with Gasteiger partial charge in [0.15, 0.2) is 11.9 Å². The van der Waals surface area contributed by atoms with Gasteiger partial charge in [-0.3, -0.25) is 19.2 Å². The Labute approximate surface area is 208 Å². The van der Waals surface area contributed by atoms with E-state index in [2.05, 4.69) is 0 Å². The Morgan fingerprint density at radius 1 is 0.971 bits per heavy atom. The third-order valence-electron chi connectivity index (χ3n) is 5.97. The van der Waals surface area contributed by atoms with Crippen molar-refractivity contribution in [3.05, 3.63) is 101 Å². The number of rotatable bonds is 8. The van der Waals surface area contributed by atoms with Crippen LogP contribution < -0.4 is 4.90 Å². The Balaban J connectivity index is 1.53. The molecule has 0 radical (unpaired) electrons. The third-order valence-corrected chi connectivity index (χ3v) is 6.20. The summed E-state index contributed by atoms with van der Waals surface area (Å²) in [6, 6.07) is 22.1. The minimum atomic E-state index is -0.931.